The van der Waals surface area contributed by atoms with Crippen molar-refractivity contribution < 1.29 is 4.74 Å². The highest BCUT2D eigenvalue weighted by Gasteiger charge is 2.34. The fourth-order valence-corrected chi connectivity index (χ4v) is 1.88. The van der Waals surface area contributed by atoms with Gasteiger partial charge in [0.05, 0.1) is 6.61 Å². The standard InChI is InChI=1S/C11H16N2O/c1-11(2,3)8-6-14-9-7(8)4-5-13-10(9)12/h4-5,8H,6H2,1-3H3,(H2,12,13). The van der Waals surface area contributed by atoms with Gasteiger partial charge in [-0.3, -0.25) is 0 Å². The summed E-state index contributed by atoms with van der Waals surface area (Å²) in [6, 6.07) is 2.01. The van der Waals surface area contributed by atoms with Crippen LogP contribution in [0, 0.1) is 5.41 Å². The van der Waals surface area contributed by atoms with Gasteiger partial charge in [-0.1, -0.05) is 20.8 Å². The Hall–Kier alpha value is -1.25. The van der Waals surface area contributed by atoms with E-state index in [1.165, 1.54) is 5.56 Å². The summed E-state index contributed by atoms with van der Waals surface area (Å²) in [6.45, 7) is 7.36. The Kier molecular flexibility index (Phi) is 1.91. The first-order chi connectivity index (χ1) is 6.50. The molecule has 0 aliphatic carbocycles. The average molecular weight is 192 g/mol. The number of nitrogens with zero attached hydrogens (tertiary/aromatic N) is 1. The SMILES string of the molecule is CC(C)(C)C1COc2c1ccnc2N. The average Bonchev–Trinajstić information content (AvgIpc) is 2.47. The van der Waals surface area contributed by atoms with Crippen molar-refractivity contribution >= 4 is 5.82 Å². The molecule has 0 saturated heterocycles. The number of anilines is 1. The molecule has 0 fully saturated rings. The maximum Gasteiger partial charge on any atom is 0.166 e. The second-order valence-corrected chi connectivity index (χ2v) is 4.84. The highest BCUT2D eigenvalue weighted by Crippen LogP contribution is 2.45. The van der Waals surface area contributed by atoms with Crippen LogP contribution in [0.1, 0.15) is 32.3 Å². The van der Waals surface area contributed by atoms with Gasteiger partial charge in [0, 0.05) is 17.7 Å². The number of hydrogen-bond acceptors (Lipinski definition) is 3. The van der Waals surface area contributed by atoms with Gasteiger partial charge >= 0.3 is 0 Å². The topological polar surface area (TPSA) is 48.1 Å². The van der Waals surface area contributed by atoms with E-state index in [1.54, 1.807) is 6.20 Å². The summed E-state index contributed by atoms with van der Waals surface area (Å²) in [5.41, 5.74) is 7.15. The fourth-order valence-electron chi connectivity index (χ4n) is 1.88. The van der Waals surface area contributed by atoms with Crippen LogP contribution in [0.25, 0.3) is 0 Å². The van der Waals surface area contributed by atoms with Crippen LogP contribution in [-0.4, -0.2) is 11.6 Å². The van der Waals surface area contributed by atoms with E-state index in [2.05, 4.69) is 25.8 Å². The third kappa shape index (κ3) is 1.33. The van der Waals surface area contributed by atoms with Gasteiger partial charge in [0.2, 0.25) is 0 Å². The number of hydrogen-bond donors (Lipinski definition) is 1. The van der Waals surface area contributed by atoms with Crippen LogP contribution in [0.15, 0.2) is 12.3 Å². The van der Waals surface area contributed by atoms with Crippen LogP contribution in [0.2, 0.25) is 0 Å². The monoisotopic (exact) mass is 192 g/mol. The Morgan fingerprint density at radius 3 is 2.86 bits per heavy atom. The second kappa shape index (κ2) is 2.87. The number of rotatable bonds is 0. The zero-order valence-corrected chi connectivity index (χ0v) is 8.87. The summed E-state index contributed by atoms with van der Waals surface area (Å²) in [7, 11) is 0. The van der Waals surface area contributed by atoms with Gasteiger partial charge in [0.1, 0.15) is 0 Å². The predicted octanol–water partition coefficient (Wildman–Crippen LogP) is 2.19. The first-order valence-electron chi connectivity index (χ1n) is 4.87. The van der Waals surface area contributed by atoms with Crippen LogP contribution in [0.3, 0.4) is 0 Å². The summed E-state index contributed by atoms with van der Waals surface area (Å²) in [5.74, 6) is 1.71. The van der Waals surface area contributed by atoms with E-state index in [-0.39, 0.29) is 5.41 Å². The first-order valence-corrected chi connectivity index (χ1v) is 4.87. The van der Waals surface area contributed by atoms with Crippen molar-refractivity contribution in [3.8, 4) is 5.75 Å². The summed E-state index contributed by atoms with van der Waals surface area (Å²) < 4.78 is 5.58. The molecule has 1 aliphatic heterocycles. The van der Waals surface area contributed by atoms with Gasteiger partial charge in [-0.15, -0.1) is 0 Å². The molecule has 0 saturated carbocycles. The molecule has 1 aromatic heterocycles. The highest BCUT2D eigenvalue weighted by atomic mass is 16.5. The number of pyridine rings is 1. The maximum atomic E-state index is 5.74. The quantitative estimate of drug-likeness (QED) is 0.685. The van der Waals surface area contributed by atoms with Crippen LogP contribution in [-0.2, 0) is 0 Å². The van der Waals surface area contributed by atoms with E-state index < -0.39 is 0 Å². The van der Waals surface area contributed by atoms with Crippen LogP contribution < -0.4 is 10.5 Å². The largest absolute Gasteiger partial charge is 0.489 e. The number of ether oxygens (including phenoxy) is 1. The van der Waals surface area contributed by atoms with E-state index >= 15 is 0 Å². The molecule has 2 N–H and O–H groups in total. The summed E-state index contributed by atoms with van der Waals surface area (Å²) in [5, 5.41) is 0. The minimum atomic E-state index is 0.207. The molecular weight excluding hydrogens is 176 g/mol. The lowest BCUT2D eigenvalue weighted by Gasteiger charge is -2.25. The van der Waals surface area contributed by atoms with E-state index in [4.69, 9.17) is 10.5 Å². The van der Waals surface area contributed by atoms with Crippen molar-refractivity contribution in [2.24, 2.45) is 5.41 Å². The zero-order chi connectivity index (χ0) is 10.3. The number of aromatic nitrogens is 1. The summed E-state index contributed by atoms with van der Waals surface area (Å²) in [4.78, 5) is 4.02. The van der Waals surface area contributed by atoms with E-state index in [9.17, 15) is 0 Å². The van der Waals surface area contributed by atoms with E-state index in [0.717, 1.165) is 5.75 Å². The zero-order valence-electron chi connectivity index (χ0n) is 8.87. The Morgan fingerprint density at radius 2 is 2.21 bits per heavy atom. The van der Waals surface area contributed by atoms with Gasteiger partial charge in [-0.2, -0.15) is 0 Å². The molecule has 0 spiro atoms. The molecule has 2 rings (SSSR count). The molecular formula is C11H16N2O. The molecule has 1 unspecified atom stereocenters. The van der Waals surface area contributed by atoms with Gasteiger partial charge in [-0.05, 0) is 11.5 Å². The second-order valence-electron chi connectivity index (χ2n) is 4.84. The number of fused-ring (bicyclic) bond motifs is 1. The van der Waals surface area contributed by atoms with Crippen LogP contribution in [0.5, 0.6) is 5.75 Å². The normalized spacial score (nSPS) is 20.4. The van der Waals surface area contributed by atoms with Crippen molar-refractivity contribution in [3.05, 3.63) is 17.8 Å². The van der Waals surface area contributed by atoms with Crippen molar-refractivity contribution in [3.63, 3.8) is 0 Å². The molecule has 3 nitrogen and oxygen atoms in total. The summed E-state index contributed by atoms with van der Waals surface area (Å²) >= 11 is 0. The Balaban J connectivity index is 2.45. The Morgan fingerprint density at radius 1 is 1.50 bits per heavy atom. The van der Waals surface area contributed by atoms with Crippen molar-refractivity contribution in [1.29, 1.82) is 0 Å². The summed E-state index contributed by atoms with van der Waals surface area (Å²) in [6.07, 6.45) is 1.75. The van der Waals surface area contributed by atoms with Gasteiger partial charge in [0.15, 0.2) is 11.6 Å². The lowest BCUT2D eigenvalue weighted by atomic mass is 9.78. The van der Waals surface area contributed by atoms with Gasteiger partial charge < -0.3 is 10.5 Å². The molecule has 1 aliphatic rings. The van der Waals surface area contributed by atoms with Gasteiger partial charge in [0.25, 0.3) is 0 Å². The molecule has 2 heterocycles. The molecule has 76 valence electrons. The molecule has 0 aromatic carbocycles. The molecule has 3 heteroatoms. The molecule has 14 heavy (non-hydrogen) atoms. The van der Waals surface area contributed by atoms with E-state index in [1.807, 2.05) is 6.07 Å². The predicted molar refractivity (Wildman–Crippen MR) is 56.3 cm³/mol. The van der Waals surface area contributed by atoms with Crippen molar-refractivity contribution in [1.82, 2.24) is 4.98 Å². The maximum absolute atomic E-state index is 5.74. The Labute approximate surface area is 84.3 Å². The third-order valence-electron chi connectivity index (χ3n) is 2.78. The fraction of sp³-hybridized carbons (Fsp3) is 0.545. The van der Waals surface area contributed by atoms with Gasteiger partial charge in [-0.25, -0.2) is 4.98 Å². The molecule has 0 bridgehead atoms. The van der Waals surface area contributed by atoms with Crippen molar-refractivity contribution in [2.75, 3.05) is 12.3 Å². The molecule has 1 aromatic rings. The van der Waals surface area contributed by atoms with E-state index in [0.29, 0.717) is 18.3 Å². The highest BCUT2D eigenvalue weighted by molar-refractivity contribution is 5.54. The number of nitrogen functional groups attached to an aromatic ring is 1. The smallest absolute Gasteiger partial charge is 0.166 e. The number of nitrogens with two attached hydrogens (primary N) is 1. The van der Waals surface area contributed by atoms with Crippen molar-refractivity contribution in [2.45, 2.75) is 26.7 Å². The lowest BCUT2D eigenvalue weighted by molar-refractivity contribution is 0.243. The first kappa shape index (κ1) is 9.31. The molecule has 0 radical (unpaired) electrons. The molecule has 1 atom stereocenters. The lowest BCUT2D eigenvalue weighted by Crippen LogP contribution is -2.19. The third-order valence-corrected chi connectivity index (χ3v) is 2.78. The minimum absolute atomic E-state index is 0.207. The Bertz CT molecular complexity index is 355. The minimum Gasteiger partial charge on any atom is -0.489 e. The van der Waals surface area contributed by atoms with Crippen LogP contribution in [0.4, 0.5) is 5.82 Å². The van der Waals surface area contributed by atoms with Crippen LogP contribution >= 0.6 is 0 Å². The molecule has 0 amide bonds.